The molecule has 5 nitrogen and oxygen atoms in total. The van der Waals surface area contributed by atoms with E-state index in [1.54, 1.807) is 9.13 Å². The fraction of sp³-hybridized carbons (Fsp3) is 0.556. The Morgan fingerprint density at radius 2 is 1.87 bits per heavy atom. The molecule has 124 valence electrons. The van der Waals surface area contributed by atoms with Crippen molar-refractivity contribution < 1.29 is 4.79 Å². The first-order chi connectivity index (χ1) is 11.1. The van der Waals surface area contributed by atoms with Crippen LogP contribution in [0.1, 0.15) is 39.5 Å². The highest BCUT2D eigenvalue weighted by Gasteiger charge is 2.24. The van der Waals surface area contributed by atoms with Crippen LogP contribution in [-0.2, 0) is 17.9 Å². The molecule has 1 aliphatic rings. The lowest BCUT2D eigenvalue weighted by molar-refractivity contribution is -0.135. The van der Waals surface area contributed by atoms with E-state index >= 15 is 0 Å². The van der Waals surface area contributed by atoms with Crippen molar-refractivity contribution in [2.24, 2.45) is 0 Å². The van der Waals surface area contributed by atoms with Gasteiger partial charge in [0.1, 0.15) is 6.54 Å². The molecule has 1 aliphatic heterocycles. The van der Waals surface area contributed by atoms with Crippen LogP contribution in [0, 0.1) is 0 Å². The van der Waals surface area contributed by atoms with E-state index in [9.17, 15) is 9.59 Å². The zero-order valence-electron chi connectivity index (χ0n) is 14.0. The summed E-state index contributed by atoms with van der Waals surface area (Å²) >= 11 is 0. The van der Waals surface area contributed by atoms with Crippen molar-refractivity contribution in [2.75, 3.05) is 6.54 Å². The number of carbonyl (C=O) groups is 1. The molecule has 1 aromatic heterocycles. The second-order valence-electron chi connectivity index (χ2n) is 6.44. The molecule has 1 saturated heterocycles. The van der Waals surface area contributed by atoms with Gasteiger partial charge < -0.3 is 4.90 Å². The normalized spacial score (nSPS) is 18.5. The molecule has 1 atom stereocenters. The van der Waals surface area contributed by atoms with Crippen molar-refractivity contribution in [3.8, 4) is 0 Å². The lowest BCUT2D eigenvalue weighted by Crippen LogP contribution is -2.44. The van der Waals surface area contributed by atoms with Crippen molar-refractivity contribution in [3.63, 3.8) is 0 Å². The van der Waals surface area contributed by atoms with E-state index in [0.717, 1.165) is 36.8 Å². The maximum absolute atomic E-state index is 12.7. The first-order valence-electron chi connectivity index (χ1n) is 8.61. The summed E-state index contributed by atoms with van der Waals surface area (Å²) in [6.45, 7) is 5.78. The number of piperidine rings is 1. The van der Waals surface area contributed by atoms with E-state index in [2.05, 4.69) is 13.8 Å². The number of hydrogen-bond donors (Lipinski definition) is 0. The van der Waals surface area contributed by atoms with E-state index in [0.29, 0.717) is 6.54 Å². The predicted octanol–water partition coefficient (Wildman–Crippen LogP) is 2.61. The van der Waals surface area contributed by atoms with Crippen LogP contribution in [0.5, 0.6) is 0 Å². The van der Waals surface area contributed by atoms with Gasteiger partial charge in [-0.1, -0.05) is 19.1 Å². The average molecular weight is 315 g/mol. The Morgan fingerprint density at radius 3 is 2.52 bits per heavy atom. The number of imidazole rings is 1. The van der Waals surface area contributed by atoms with Crippen molar-refractivity contribution in [1.29, 1.82) is 0 Å². The number of amides is 1. The molecular formula is C18H25N3O2. The highest BCUT2D eigenvalue weighted by molar-refractivity contribution is 5.81. The number of aryl methyl sites for hydroxylation is 1. The minimum atomic E-state index is -0.0777. The Morgan fingerprint density at radius 1 is 1.17 bits per heavy atom. The van der Waals surface area contributed by atoms with Crippen molar-refractivity contribution >= 4 is 16.9 Å². The highest BCUT2D eigenvalue weighted by atomic mass is 16.2. The fourth-order valence-corrected chi connectivity index (χ4v) is 3.56. The first kappa shape index (κ1) is 15.8. The van der Waals surface area contributed by atoms with Gasteiger partial charge in [0, 0.05) is 19.1 Å². The quantitative estimate of drug-likeness (QED) is 0.871. The topological polar surface area (TPSA) is 47.2 Å². The largest absolute Gasteiger partial charge is 0.338 e. The Bertz CT molecular complexity index is 759. The molecule has 3 rings (SSSR count). The van der Waals surface area contributed by atoms with Crippen LogP contribution in [0.15, 0.2) is 29.1 Å². The lowest BCUT2D eigenvalue weighted by Gasteiger charge is -2.33. The summed E-state index contributed by atoms with van der Waals surface area (Å²) in [7, 11) is 0. The molecule has 23 heavy (non-hydrogen) atoms. The predicted molar refractivity (Wildman–Crippen MR) is 91.5 cm³/mol. The van der Waals surface area contributed by atoms with Crippen LogP contribution in [0.2, 0.25) is 0 Å². The van der Waals surface area contributed by atoms with Gasteiger partial charge >= 0.3 is 5.69 Å². The Balaban J connectivity index is 1.95. The molecule has 0 spiro atoms. The number of rotatable bonds is 4. The molecule has 0 radical (unpaired) electrons. The summed E-state index contributed by atoms with van der Waals surface area (Å²) in [4.78, 5) is 27.4. The number of fused-ring (bicyclic) bond motifs is 1. The monoisotopic (exact) mass is 315 g/mol. The zero-order chi connectivity index (χ0) is 16.4. The molecule has 1 aromatic carbocycles. The molecule has 0 N–H and O–H groups in total. The van der Waals surface area contributed by atoms with Crippen LogP contribution in [0.25, 0.3) is 11.0 Å². The molecule has 1 unspecified atom stereocenters. The Hall–Kier alpha value is -2.04. The van der Waals surface area contributed by atoms with Gasteiger partial charge in [0.15, 0.2) is 0 Å². The van der Waals surface area contributed by atoms with Gasteiger partial charge in [-0.25, -0.2) is 4.79 Å². The minimum absolute atomic E-state index is 0.0544. The third-order valence-electron chi connectivity index (χ3n) is 4.79. The molecule has 1 fully saturated rings. The third-order valence-corrected chi connectivity index (χ3v) is 4.79. The van der Waals surface area contributed by atoms with Gasteiger partial charge in [0.2, 0.25) is 5.91 Å². The molecular weight excluding hydrogens is 290 g/mol. The third kappa shape index (κ3) is 2.92. The zero-order valence-corrected chi connectivity index (χ0v) is 14.0. The maximum Gasteiger partial charge on any atom is 0.329 e. The summed E-state index contributed by atoms with van der Waals surface area (Å²) in [5.41, 5.74) is 1.69. The number of nitrogens with zero attached hydrogens (tertiary/aromatic N) is 3. The highest BCUT2D eigenvalue weighted by Crippen LogP contribution is 2.18. The van der Waals surface area contributed by atoms with Crippen LogP contribution in [0.4, 0.5) is 0 Å². The maximum atomic E-state index is 12.7. The molecule has 0 saturated carbocycles. The molecule has 5 heteroatoms. The molecule has 2 aromatic rings. The summed E-state index contributed by atoms with van der Waals surface area (Å²) < 4.78 is 3.41. The SMILES string of the molecule is CCCn1c(=O)n(CC(=O)N2CCCCC2C)c2ccccc21. The van der Waals surface area contributed by atoms with E-state index < -0.39 is 0 Å². The number of carbonyl (C=O) groups excluding carboxylic acids is 1. The van der Waals surface area contributed by atoms with Crippen LogP contribution < -0.4 is 5.69 Å². The molecule has 0 aliphatic carbocycles. The van der Waals surface area contributed by atoms with Crippen LogP contribution >= 0.6 is 0 Å². The molecule has 2 heterocycles. The van der Waals surface area contributed by atoms with Gasteiger partial charge in [-0.05, 0) is 44.7 Å². The second-order valence-corrected chi connectivity index (χ2v) is 6.44. The van der Waals surface area contributed by atoms with E-state index in [-0.39, 0.29) is 24.2 Å². The molecule has 0 bridgehead atoms. The standard InChI is InChI=1S/C18H25N3O2/c1-3-11-20-15-9-4-5-10-16(15)21(18(20)23)13-17(22)19-12-7-6-8-14(19)2/h4-5,9-10,14H,3,6-8,11-13H2,1-2H3. The summed E-state index contributed by atoms with van der Waals surface area (Å²) in [5, 5.41) is 0. The first-order valence-corrected chi connectivity index (χ1v) is 8.61. The number of likely N-dealkylation sites (tertiary alicyclic amines) is 1. The second kappa shape index (κ2) is 6.60. The fourth-order valence-electron chi connectivity index (χ4n) is 3.56. The van der Waals surface area contributed by atoms with Gasteiger partial charge in [0.05, 0.1) is 11.0 Å². The van der Waals surface area contributed by atoms with Gasteiger partial charge in [-0.3, -0.25) is 13.9 Å². The molecule has 1 amide bonds. The van der Waals surface area contributed by atoms with Gasteiger partial charge in [-0.2, -0.15) is 0 Å². The number of hydrogen-bond acceptors (Lipinski definition) is 2. The smallest absolute Gasteiger partial charge is 0.329 e. The van der Waals surface area contributed by atoms with Crippen molar-refractivity contribution in [1.82, 2.24) is 14.0 Å². The van der Waals surface area contributed by atoms with Crippen molar-refractivity contribution in [2.45, 2.75) is 58.7 Å². The van der Waals surface area contributed by atoms with Crippen LogP contribution in [-0.4, -0.2) is 32.5 Å². The van der Waals surface area contributed by atoms with Crippen LogP contribution in [0.3, 0.4) is 0 Å². The van der Waals surface area contributed by atoms with Gasteiger partial charge in [0.25, 0.3) is 0 Å². The van der Waals surface area contributed by atoms with E-state index in [1.165, 1.54) is 6.42 Å². The summed E-state index contributed by atoms with van der Waals surface area (Å²) in [5.74, 6) is 0.0544. The summed E-state index contributed by atoms with van der Waals surface area (Å²) in [6, 6.07) is 8.01. The minimum Gasteiger partial charge on any atom is -0.338 e. The Labute approximate surface area is 136 Å². The van der Waals surface area contributed by atoms with Gasteiger partial charge in [-0.15, -0.1) is 0 Å². The number of aromatic nitrogens is 2. The van der Waals surface area contributed by atoms with E-state index in [4.69, 9.17) is 0 Å². The number of benzene rings is 1. The lowest BCUT2D eigenvalue weighted by atomic mass is 10.0. The Kier molecular flexibility index (Phi) is 4.55. The average Bonchev–Trinajstić information content (AvgIpc) is 2.81. The van der Waals surface area contributed by atoms with Crippen molar-refractivity contribution in [3.05, 3.63) is 34.7 Å². The summed E-state index contributed by atoms with van der Waals surface area (Å²) in [6.07, 6.45) is 4.19. The number of para-hydroxylation sites is 2. The van der Waals surface area contributed by atoms with E-state index in [1.807, 2.05) is 29.2 Å².